The van der Waals surface area contributed by atoms with Crippen LogP contribution in [0.4, 0.5) is 10.5 Å². The van der Waals surface area contributed by atoms with E-state index >= 15 is 0 Å². The largest absolute Gasteiger partial charge is 0.476 e. The number of thioether (sulfide) groups is 1. The molecule has 1 aliphatic rings. The third-order valence-electron chi connectivity index (χ3n) is 3.20. The normalized spacial score (nSPS) is 15.0. The third kappa shape index (κ3) is 3.75. The fourth-order valence-electron chi connectivity index (χ4n) is 2.13. The zero-order valence-electron chi connectivity index (χ0n) is 12.9. The number of amides is 3. The van der Waals surface area contributed by atoms with Gasteiger partial charge in [0.2, 0.25) is 0 Å². The number of carboxylic acid groups (broad SMARTS) is 1. The zero-order valence-corrected chi connectivity index (χ0v) is 13.7. The molecular formula is C16H10N4O5S. The van der Waals surface area contributed by atoms with E-state index in [0.717, 1.165) is 11.8 Å². The van der Waals surface area contributed by atoms with Crippen LogP contribution < -0.4 is 10.6 Å². The van der Waals surface area contributed by atoms with Crippen LogP contribution in [0.3, 0.4) is 0 Å². The number of carbonyl (C=O) groups excluding carboxylic acids is 3. The Morgan fingerprint density at radius 1 is 1.15 bits per heavy atom. The van der Waals surface area contributed by atoms with Gasteiger partial charge in [-0.3, -0.25) is 19.7 Å². The molecule has 26 heavy (non-hydrogen) atoms. The quantitative estimate of drug-likeness (QED) is 0.692. The molecule has 1 aliphatic heterocycles. The second kappa shape index (κ2) is 7.15. The van der Waals surface area contributed by atoms with Gasteiger partial charge in [-0.2, -0.15) is 0 Å². The summed E-state index contributed by atoms with van der Waals surface area (Å²) in [4.78, 5) is 53.8. The molecule has 1 saturated heterocycles. The van der Waals surface area contributed by atoms with E-state index < -0.39 is 28.7 Å². The lowest BCUT2D eigenvalue weighted by atomic mass is 10.1. The summed E-state index contributed by atoms with van der Waals surface area (Å²) in [6.45, 7) is 0. The van der Waals surface area contributed by atoms with Crippen molar-refractivity contribution >= 4 is 46.5 Å². The number of carbonyl (C=O) groups is 4. The van der Waals surface area contributed by atoms with Gasteiger partial charge >= 0.3 is 5.97 Å². The topological polar surface area (TPSA) is 138 Å². The van der Waals surface area contributed by atoms with Crippen molar-refractivity contribution in [2.24, 2.45) is 0 Å². The summed E-state index contributed by atoms with van der Waals surface area (Å²) >= 11 is 0.781. The van der Waals surface area contributed by atoms with E-state index in [1.54, 1.807) is 24.3 Å². The van der Waals surface area contributed by atoms with Crippen LogP contribution in [0.2, 0.25) is 0 Å². The Kier molecular flexibility index (Phi) is 4.76. The first-order valence-corrected chi connectivity index (χ1v) is 7.96. The summed E-state index contributed by atoms with van der Waals surface area (Å²) in [5.41, 5.74) is 0.162. The van der Waals surface area contributed by atoms with Crippen LogP contribution in [0.15, 0.2) is 41.6 Å². The highest BCUT2D eigenvalue weighted by atomic mass is 32.2. The maximum absolute atomic E-state index is 12.3. The fourth-order valence-corrected chi connectivity index (χ4v) is 2.81. The van der Waals surface area contributed by atoms with Crippen LogP contribution in [-0.4, -0.2) is 38.1 Å². The van der Waals surface area contributed by atoms with Crippen molar-refractivity contribution < 1.29 is 24.3 Å². The Labute approximate surface area is 150 Å². The number of anilines is 1. The van der Waals surface area contributed by atoms with Crippen LogP contribution in [0, 0.1) is 0 Å². The average molecular weight is 370 g/mol. The van der Waals surface area contributed by atoms with E-state index in [1.807, 2.05) is 0 Å². The standard InChI is InChI=1S/C16H10N4O5S/c21-13-10(26-16(25)20-13)7-8-2-1-3-9(6-8)19-14(22)11-12(15(23)24)18-5-4-17-11/h1-7H,(H,19,22)(H,23,24)(H,20,21,25)/b10-7-. The maximum atomic E-state index is 12.3. The Bertz CT molecular complexity index is 973. The summed E-state index contributed by atoms with van der Waals surface area (Å²) in [6.07, 6.45) is 3.90. The number of imide groups is 1. The lowest BCUT2D eigenvalue weighted by molar-refractivity contribution is -0.115. The zero-order chi connectivity index (χ0) is 18.7. The molecule has 0 radical (unpaired) electrons. The molecule has 1 aromatic carbocycles. The summed E-state index contributed by atoms with van der Waals surface area (Å²) in [5.74, 6) is -2.58. The molecule has 3 amide bonds. The van der Waals surface area contributed by atoms with Crippen LogP contribution in [0.25, 0.3) is 6.08 Å². The second-order valence-corrected chi connectivity index (χ2v) is 6.01. The summed E-state index contributed by atoms with van der Waals surface area (Å²) in [7, 11) is 0. The van der Waals surface area contributed by atoms with Gasteiger partial charge in [0.25, 0.3) is 17.1 Å². The molecule has 0 spiro atoms. The Morgan fingerprint density at radius 3 is 2.54 bits per heavy atom. The summed E-state index contributed by atoms with van der Waals surface area (Å²) in [6, 6.07) is 6.47. The number of nitrogens with zero attached hydrogens (tertiary/aromatic N) is 2. The molecule has 0 bridgehead atoms. The summed E-state index contributed by atoms with van der Waals surface area (Å²) in [5, 5.41) is 13.3. The molecule has 130 valence electrons. The minimum atomic E-state index is -1.37. The lowest BCUT2D eigenvalue weighted by Gasteiger charge is -2.07. The smallest absolute Gasteiger partial charge is 0.356 e. The maximum Gasteiger partial charge on any atom is 0.356 e. The summed E-state index contributed by atoms with van der Waals surface area (Å²) < 4.78 is 0. The van der Waals surface area contributed by atoms with Crippen LogP contribution in [0.1, 0.15) is 26.5 Å². The molecule has 2 heterocycles. The van der Waals surface area contributed by atoms with E-state index in [0.29, 0.717) is 11.3 Å². The van der Waals surface area contributed by atoms with Crippen molar-refractivity contribution in [2.45, 2.75) is 0 Å². The van der Waals surface area contributed by atoms with E-state index in [2.05, 4.69) is 20.6 Å². The molecule has 0 saturated carbocycles. The van der Waals surface area contributed by atoms with Gasteiger partial charge in [0.15, 0.2) is 11.4 Å². The first kappa shape index (κ1) is 17.3. The van der Waals surface area contributed by atoms with Crippen LogP contribution >= 0.6 is 11.8 Å². The Balaban J connectivity index is 1.83. The first-order chi connectivity index (χ1) is 12.4. The third-order valence-corrected chi connectivity index (χ3v) is 4.01. The van der Waals surface area contributed by atoms with E-state index in [4.69, 9.17) is 5.11 Å². The van der Waals surface area contributed by atoms with Crippen molar-refractivity contribution in [3.8, 4) is 0 Å². The second-order valence-electron chi connectivity index (χ2n) is 4.99. The molecule has 1 aromatic heterocycles. The average Bonchev–Trinajstić information content (AvgIpc) is 2.92. The highest BCUT2D eigenvalue weighted by Gasteiger charge is 2.25. The molecule has 10 heteroatoms. The predicted molar refractivity (Wildman–Crippen MR) is 92.5 cm³/mol. The van der Waals surface area contributed by atoms with Gasteiger partial charge in [-0.25, -0.2) is 14.8 Å². The van der Waals surface area contributed by atoms with Crippen molar-refractivity contribution in [3.05, 3.63) is 58.5 Å². The molecule has 2 aromatic rings. The van der Waals surface area contributed by atoms with E-state index in [1.165, 1.54) is 18.5 Å². The van der Waals surface area contributed by atoms with Crippen LogP contribution in [-0.2, 0) is 4.79 Å². The Morgan fingerprint density at radius 2 is 1.88 bits per heavy atom. The molecule has 0 unspecified atom stereocenters. The molecule has 0 aliphatic carbocycles. The van der Waals surface area contributed by atoms with Gasteiger partial charge in [-0.15, -0.1) is 0 Å². The minimum Gasteiger partial charge on any atom is -0.476 e. The van der Waals surface area contributed by atoms with Crippen molar-refractivity contribution in [1.82, 2.24) is 15.3 Å². The molecular weight excluding hydrogens is 360 g/mol. The number of aromatic nitrogens is 2. The fraction of sp³-hybridized carbons (Fsp3) is 0. The molecule has 0 atom stereocenters. The van der Waals surface area contributed by atoms with Crippen molar-refractivity contribution in [3.63, 3.8) is 0 Å². The van der Waals surface area contributed by atoms with Crippen molar-refractivity contribution in [1.29, 1.82) is 0 Å². The highest BCUT2D eigenvalue weighted by molar-refractivity contribution is 8.18. The molecule has 1 fully saturated rings. The van der Waals surface area contributed by atoms with Gasteiger partial charge in [-0.1, -0.05) is 12.1 Å². The number of carboxylic acids is 1. The lowest BCUT2D eigenvalue weighted by Crippen LogP contribution is -2.19. The number of hydrogen-bond acceptors (Lipinski definition) is 7. The number of aromatic carboxylic acids is 1. The number of benzene rings is 1. The number of nitrogens with one attached hydrogen (secondary N) is 2. The number of hydrogen-bond donors (Lipinski definition) is 3. The van der Waals surface area contributed by atoms with Gasteiger partial charge in [0.1, 0.15) is 0 Å². The SMILES string of the molecule is O=C1NC(=O)/C(=C/c2cccc(NC(=O)c3nccnc3C(=O)O)c2)S1. The van der Waals surface area contributed by atoms with Gasteiger partial charge in [0, 0.05) is 18.1 Å². The molecule has 9 nitrogen and oxygen atoms in total. The van der Waals surface area contributed by atoms with Gasteiger partial charge in [-0.05, 0) is 35.5 Å². The predicted octanol–water partition coefficient (Wildman–Crippen LogP) is 1.75. The van der Waals surface area contributed by atoms with Gasteiger partial charge < -0.3 is 10.4 Å². The number of rotatable bonds is 4. The highest BCUT2D eigenvalue weighted by Crippen LogP contribution is 2.26. The van der Waals surface area contributed by atoms with E-state index in [9.17, 15) is 19.2 Å². The van der Waals surface area contributed by atoms with Gasteiger partial charge in [0.05, 0.1) is 4.91 Å². The molecule has 3 rings (SSSR count). The first-order valence-electron chi connectivity index (χ1n) is 7.14. The minimum absolute atomic E-state index is 0.237. The van der Waals surface area contributed by atoms with E-state index in [-0.39, 0.29) is 10.6 Å². The van der Waals surface area contributed by atoms with Crippen LogP contribution in [0.5, 0.6) is 0 Å². The molecule has 3 N–H and O–H groups in total. The monoisotopic (exact) mass is 370 g/mol. The van der Waals surface area contributed by atoms with Crippen molar-refractivity contribution in [2.75, 3.05) is 5.32 Å². The Hall–Kier alpha value is -3.53.